The summed E-state index contributed by atoms with van der Waals surface area (Å²) in [5.41, 5.74) is 1.57. The fourth-order valence-corrected chi connectivity index (χ4v) is 4.10. The maximum atomic E-state index is 13.1. The third-order valence-electron chi connectivity index (χ3n) is 4.73. The van der Waals surface area contributed by atoms with Crippen molar-refractivity contribution in [2.45, 2.75) is 46.7 Å². The Bertz CT molecular complexity index is 1070. The largest absolute Gasteiger partial charge is 0.345 e. The Hall–Kier alpha value is -3.07. The first-order valence-electron chi connectivity index (χ1n) is 10.4. The van der Waals surface area contributed by atoms with Crippen LogP contribution in [0.25, 0.3) is 11.5 Å². The van der Waals surface area contributed by atoms with Gasteiger partial charge in [-0.25, -0.2) is 4.39 Å². The van der Waals surface area contributed by atoms with Crippen LogP contribution in [0.3, 0.4) is 0 Å². The third-order valence-corrected chi connectivity index (χ3v) is 5.86. The van der Waals surface area contributed by atoms with Crippen LogP contribution >= 0.6 is 11.3 Å². The van der Waals surface area contributed by atoms with Gasteiger partial charge < -0.3 is 14.7 Å². The monoisotopic (exact) mass is 458 g/mol. The zero-order chi connectivity index (χ0) is 23.4. The number of rotatable bonds is 3. The van der Waals surface area contributed by atoms with Gasteiger partial charge in [0.05, 0.1) is 6.04 Å². The fraction of sp³-hybridized carbons (Fsp3) is 0.391. The van der Waals surface area contributed by atoms with Gasteiger partial charge in [-0.05, 0) is 61.0 Å². The molecule has 0 radical (unpaired) electrons. The van der Waals surface area contributed by atoms with Crippen molar-refractivity contribution in [3.63, 3.8) is 0 Å². The topological polar surface area (TPSA) is 88.3 Å². The molecule has 32 heavy (non-hydrogen) atoms. The number of halogens is 1. The van der Waals surface area contributed by atoms with E-state index in [1.54, 1.807) is 6.92 Å². The lowest BCUT2D eigenvalue weighted by atomic mass is 10.1. The average Bonchev–Trinajstić information content (AvgIpc) is 3.39. The zero-order valence-electron chi connectivity index (χ0n) is 18.8. The van der Waals surface area contributed by atoms with E-state index in [2.05, 4.69) is 36.2 Å². The molecule has 7 nitrogen and oxygen atoms in total. The zero-order valence-corrected chi connectivity index (χ0v) is 19.6. The van der Waals surface area contributed by atoms with Gasteiger partial charge >= 0.3 is 0 Å². The smallest absolute Gasteiger partial charge is 0.296 e. The van der Waals surface area contributed by atoms with E-state index in [-0.39, 0.29) is 29.5 Å². The number of nitrogens with zero attached hydrogens (tertiary/aromatic N) is 3. The number of hydrogen-bond acceptors (Lipinski definition) is 6. The van der Waals surface area contributed by atoms with Gasteiger partial charge in [-0.15, -0.1) is 11.3 Å². The van der Waals surface area contributed by atoms with E-state index >= 15 is 0 Å². The molecule has 1 aliphatic rings. The highest BCUT2D eigenvalue weighted by Crippen LogP contribution is 2.28. The highest BCUT2D eigenvalue weighted by Gasteiger charge is 2.37. The van der Waals surface area contributed by atoms with Gasteiger partial charge in [0.25, 0.3) is 17.6 Å². The number of aromatic nitrogens is 2. The number of carbonyl (C=O) groups is 2. The summed E-state index contributed by atoms with van der Waals surface area (Å²) in [5, 5.41) is 8.67. The van der Waals surface area contributed by atoms with Crippen molar-refractivity contribution in [2.75, 3.05) is 6.54 Å². The van der Waals surface area contributed by atoms with Crippen LogP contribution in [0.5, 0.6) is 0 Å². The second-order valence-corrected chi connectivity index (χ2v) is 9.27. The summed E-state index contributed by atoms with van der Waals surface area (Å²) in [7, 11) is 0. The molecule has 2 atom stereocenters. The third kappa shape index (κ3) is 5.40. The molecular formula is C23H27FN4O3S. The second-order valence-electron chi connectivity index (χ2n) is 8.32. The molecule has 0 spiro atoms. The van der Waals surface area contributed by atoms with Crippen LogP contribution in [0.1, 0.15) is 54.8 Å². The van der Waals surface area contributed by atoms with Gasteiger partial charge in [0.1, 0.15) is 11.9 Å². The molecule has 1 fully saturated rings. The van der Waals surface area contributed by atoms with Crippen LogP contribution in [-0.2, 0) is 4.79 Å². The maximum Gasteiger partial charge on any atom is 0.296 e. The van der Waals surface area contributed by atoms with Crippen molar-refractivity contribution in [3.8, 4) is 11.5 Å². The highest BCUT2D eigenvalue weighted by molar-refractivity contribution is 7.10. The van der Waals surface area contributed by atoms with Crippen molar-refractivity contribution < 1.29 is 18.5 Å². The fourth-order valence-electron chi connectivity index (χ4n) is 3.13. The van der Waals surface area contributed by atoms with E-state index < -0.39 is 11.9 Å². The first-order valence-corrected chi connectivity index (χ1v) is 11.3. The number of piperazine rings is 1. The summed E-state index contributed by atoms with van der Waals surface area (Å²) in [6, 6.07) is 6.56. The Morgan fingerprint density at radius 2 is 1.91 bits per heavy atom. The SMILES string of the molecule is CC(C)C.Cc1ccsc1C1CN(C(=O)c2noc(-c3ccc(F)cc3)n2)C(C)C(=O)N1. The molecule has 4 rings (SSSR count). The molecule has 2 amide bonds. The molecule has 0 bridgehead atoms. The normalized spacial score (nSPS) is 18.2. The first-order chi connectivity index (χ1) is 15.2. The Labute approximate surface area is 190 Å². The van der Waals surface area contributed by atoms with Crippen LogP contribution in [0.15, 0.2) is 40.2 Å². The minimum absolute atomic E-state index is 0.114. The lowest BCUT2D eigenvalue weighted by Gasteiger charge is -2.37. The number of carbonyl (C=O) groups excluding carboxylic acids is 2. The Kier molecular flexibility index (Phi) is 7.40. The van der Waals surface area contributed by atoms with Crippen molar-refractivity contribution in [3.05, 3.63) is 57.8 Å². The average molecular weight is 459 g/mol. The Morgan fingerprint density at radius 1 is 1.25 bits per heavy atom. The molecule has 0 saturated carbocycles. The number of benzene rings is 1. The molecular weight excluding hydrogens is 431 g/mol. The van der Waals surface area contributed by atoms with Crippen LogP contribution in [0, 0.1) is 18.7 Å². The summed E-state index contributed by atoms with van der Waals surface area (Å²) in [5.74, 6) is -0.299. The van der Waals surface area contributed by atoms with Crippen LogP contribution < -0.4 is 5.32 Å². The quantitative estimate of drug-likeness (QED) is 0.619. The van der Waals surface area contributed by atoms with Gasteiger partial charge in [-0.1, -0.05) is 25.9 Å². The van der Waals surface area contributed by atoms with Gasteiger partial charge in [0.15, 0.2) is 0 Å². The molecule has 2 unspecified atom stereocenters. The van der Waals surface area contributed by atoms with Gasteiger partial charge in [-0.2, -0.15) is 4.98 Å². The molecule has 9 heteroatoms. The van der Waals surface area contributed by atoms with Crippen molar-refractivity contribution in [1.82, 2.24) is 20.4 Å². The summed E-state index contributed by atoms with van der Waals surface area (Å²) in [6.07, 6.45) is 0. The number of aryl methyl sites for hydroxylation is 1. The van der Waals surface area contributed by atoms with Crippen molar-refractivity contribution >= 4 is 23.2 Å². The second kappa shape index (κ2) is 10.0. The standard InChI is InChI=1S/C19H17FN4O3S.C4H10/c1-10-7-8-28-15(10)14-9-24(11(2)17(25)21-14)19(26)16-22-18(27-23-16)12-3-5-13(20)6-4-12;1-4(2)3/h3-8,11,14H,9H2,1-2H3,(H,21,25);4H,1-3H3. The van der Waals surface area contributed by atoms with E-state index in [0.29, 0.717) is 12.1 Å². The molecule has 1 N–H and O–H groups in total. The number of amides is 2. The maximum absolute atomic E-state index is 13.1. The molecule has 3 heterocycles. The van der Waals surface area contributed by atoms with Gasteiger partial charge in [0, 0.05) is 17.0 Å². The molecule has 1 saturated heterocycles. The molecule has 1 aromatic carbocycles. The molecule has 3 aromatic rings. The molecule has 1 aliphatic heterocycles. The highest BCUT2D eigenvalue weighted by atomic mass is 32.1. The van der Waals surface area contributed by atoms with Crippen molar-refractivity contribution in [2.24, 2.45) is 5.92 Å². The molecule has 0 aliphatic carbocycles. The molecule has 2 aromatic heterocycles. The number of nitrogens with one attached hydrogen (secondary N) is 1. The molecule has 170 valence electrons. The lowest BCUT2D eigenvalue weighted by Crippen LogP contribution is -2.57. The van der Waals surface area contributed by atoms with E-state index in [1.807, 2.05) is 18.4 Å². The Balaban J connectivity index is 0.000000668. The van der Waals surface area contributed by atoms with E-state index in [4.69, 9.17) is 4.52 Å². The first kappa shape index (κ1) is 23.6. The summed E-state index contributed by atoms with van der Waals surface area (Å²) in [4.78, 5) is 32.0. The number of hydrogen-bond donors (Lipinski definition) is 1. The number of thiophene rings is 1. The van der Waals surface area contributed by atoms with Gasteiger partial charge in [-0.3, -0.25) is 9.59 Å². The van der Waals surface area contributed by atoms with E-state index in [9.17, 15) is 14.0 Å². The van der Waals surface area contributed by atoms with Crippen LogP contribution in [0.4, 0.5) is 4.39 Å². The summed E-state index contributed by atoms with van der Waals surface area (Å²) < 4.78 is 18.2. The minimum Gasteiger partial charge on any atom is -0.345 e. The van der Waals surface area contributed by atoms with E-state index in [1.165, 1.54) is 40.5 Å². The minimum atomic E-state index is -0.656. The van der Waals surface area contributed by atoms with Crippen molar-refractivity contribution in [1.29, 1.82) is 0 Å². The lowest BCUT2D eigenvalue weighted by molar-refractivity contribution is -0.128. The Morgan fingerprint density at radius 3 is 2.50 bits per heavy atom. The van der Waals surface area contributed by atoms with E-state index in [0.717, 1.165) is 16.4 Å². The summed E-state index contributed by atoms with van der Waals surface area (Å²) >= 11 is 1.54. The predicted octanol–water partition coefficient (Wildman–Crippen LogP) is 4.61. The van der Waals surface area contributed by atoms with Gasteiger partial charge in [0.2, 0.25) is 5.91 Å². The summed E-state index contributed by atoms with van der Waals surface area (Å²) in [6.45, 7) is 10.4. The van der Waals surface area contributed by atoms with Crippen LogP contribution in [0.2, 0.25) is 0 Å². The predicted molar refractivity (Wildman–Crippen MR) is 121 cm³/mol. The van der Waals surface area contributed by atoms with Crippen LogP contribution in [-0.4, -0.2) is 39.4 Å².